The van der Waals surface area contributed by atoms with Crippen molar-refractivity contribution in [2.45, 2.75) is 65.0 Å². The van der Waals surface area contributed by atoms with Crippen LogP contribution in [0.1, 0.15) is 54.3 Å². The number of urea groups is 1. The fourth-order valence-electron chi connectivity index (χ4n) is 5.35. The van der Waals surface area contributed by atoms with Crippen molar-refractivity contribution in [3.05, 3.63) is 69.9 Å². The van der Waals surface area contributed by atoms with Gasteiger partial charge in [0.05, 0.1) is 27.4 Å². The van der Waals surface area contributed by atoms with Gasteiger partial charge in [-0.1, -0.05) is 25.3 Å². The number of rotatable bonds is 13. The number of carbonyl (C=O) groups excluding carboxylic acids is 2. The third-order valence-corrected chi connectivity index (χ3v) is 8.60. The monoisotopic (exact) mass is 593 g/mol. The Balaban J connectivity index is 1.51. The summed E-state index contributed by atoms with van der Waals surface area (Å²) in [5.74, 6) is 2.03. The number of thiophene rings is 1. The van der Waals surface area contributed by atoms with E-state index in [1.807, 2.05) is 54.3 Å². The van der Waals surface area contributed by atoms with Crippen LogP contribution in [-0.4, -0.2) is 61.7 Å². The van der Waals surface area contributed by atoms with E-state index < -0.39 is 0 Å². The van der Waals surface area contributed by atoms with E-state index in [0.717, 1.165) is 48.3 Å². The van der Waals surface area contributed by atoms with E-state index in [4.69, 9.17) is 14.2 Å². The number of carbonyl (C=O) groups is 2. The molecule has 1 aliphatic carbocycles. The van der Waals surface area contributed by atoms with Gasteiger partial charge in [-0.05, 0) is 87.2 Å². The van der Waals surface area contributed by atoms with Crippen LogP contribution in [0.5, 0.6) is 17.2 Å². The van der Waals surface area contributed by atoms with Crippen LogP contribution < -0.4 is 19.5 Å². The van der Waals surface area contributed by atoms with E-state index in [9.17, 15) is 9.59 Å². The van der Waals surface area contributed by atoms with Crippen molar-refractivity contribution < 1.29 is 23.8 Å². The molecule has 42 heavy (non-hydrogen) atoms. The molecule has 0 unspecified atom stereocenters. The minimum atomic E-state index is -0.244. The summed E-state index contributed by atoms with van der Waals surface area (Å²) < 4.78 is 16.4. The van der Waals surface area contributed by atoms with Gasteiger partial charge in [0.2, 0.25) is 5.91 Å². The summed E-state index contributed by atoms with van der Waals surface area (Å²) in [7, 11) is 3.24. The van der Waals surface area contributed by atoms with Crippen molar-refractivity contribution in [2.75, 3.05) is 39.2 Å². The number of hydrogen-bond acceptors (Lipinski definition) is 6. The number of methoxy groups -OCH3 is 2. The molecule has 0 saturated heterocycles. The molecule has 1 heterocycles. The largest absolute Gasteiger partial charge is 0.494 e. The van der Waals surface area contributed by atoms with Gasteiger partial charge in [-0.2, -0.15) is 0 Å². The number of benzene rings is 2. The zero-order valence-corrected chi connectivity index (χ0v) is 26.0. The standard InChI is InChI=1S/C33H43N3O5S/c1-5-41-28-15-13-26(14-16-28)34-33(38)36(27-9-7-6-8-10-27)23-32(37)35(22-29-17-11-24(2)42-29)20-19-25-12-18-30(39-3)31(21-25)40-4/h11-18,21,27H,5-10,19-20,22-23H2,1-4H3,(H,34,38). The van der Waals surface area contributed by atoms with Gasteiger partial charge in [-0.3, -0.25) is 4.79 Å². The Morgan fingerprint density at radius 2 is 1.69 bits per heavy atom. The van der Waals surface area contributed by atoms with E-state index >= 15 is 0 Å². The summed E-state index contributed by atoms with van der Waals surface area (Å²) in [5, 5.41) is 3.02. The van der Waals surface area contributed by atoms with Gasteiger partial charge in [-0.15, -0.1) is 11.3 Å². The smallest absolute Gasteiger partial charge is 0.322 e. The van der Waals surface area contributed by atoms with E-state index in [2.05, 4.69) is 24.4 Å². The Morgan fingerprint density at radius 3 is 2.33 bits per heavy atom. The zero-order valence-electron chi connectivity index (χ0n) is 25.2. The first-order valence-electron chi connectivity index (χ1n) is 14.7. The third-order valence-electron chi connectivity index (χ3n) is 7.61. The third kappa shape index (κ3) is 8.64. The number of aryl methyl sites for hydroxylation is 1. The fourth-order valence-corrected chi connectivity index (χ4v) is 6.26. The molecule has 1 aliphatic rings. The first-order chi connectivity index (χ1) is 20.4. The van der Waals surface area contributed by atoms with Crippen molar-refractivity contribution in [1.29, 1.82) is 0 Å². The fraction of sp³-hybridized carbons (Fsp3) is 0.455. The summed E-state index contributed by atoms with van der Waals surface area (Å²) in [4.78, 5) is 33.6. The summed E-state index contributed by atoms with van der Waals surface area (Å²) in [6, 6.07) is 17.1. The normalized spacial score (nSPS) is 13.3. The van der Waals surface area contributed by atoms with Gasteiger partial charge < -0.3 is 29.3 Å². The van der Waals surface area contributed by atoms with Gasteiger partial charge in [0, 0.05) is 28.0 Å². The van der Waals surface area contributed by atoms with Crippen molar-refractivity contribution >= 4 is 29.0 Å². The van der Waals surface area contributed by atoms with Gasteiger partial charge >= 0.3 is 6.03 Å². The van der Waals surface area contributed by atoms with Crippen LogP contribution >= 0.6 is 11.3 Å². The molecule has 1 saturated carbocycles. The van der Waals surface area contributed by atoms with Gasteiger partial charge in [0.15, 0.2) is 11.5 Å². The van der Waals surface area contributed by atoms with Crippen LogP contribution in [0.4, 0.5) is 10.5 Å². The number of amides is 3. The second-order valence-corrected chi connectivity index (χ2v) is 11.9. The molecule has 0 radical (unpaired) electrons. The molecular weight excluding hydrogens is 550 g/mol. The van der Waals surface area contributed by atoms with Crippen LogP contribution in [-0.2, 0) is 17.8 Å². The number of nitrogens with zero attached hydrogens (tertiary/aromatic N) is 2. The molecule has 2 aromatic carbocycles. The predicted octanol–water partition coefficient (Wildman–Crippen LogP) is 6.91. The Morgan fingerprint density at radius 1 is 0.952 bits per heavy atom. The summed E-state index contributed by atoms with van der Waals surface area (Å²) in [6.07, 6.45) is 5.73. The molecule has 9 heteroatoms. The lowest BCUT2D eigenvalue weighted by Crippen LogP contribution is -2.49. The first-order valence-corrected chi connectivity index (χ1v) is 15.6. The number of nitrogens with one attached hydrogen (secondary N) is 1. The lowest BCUT2D eigenvalue weighted by molar-refractivity contribution is -0.132. The summed E-state index contributed by atoms with van der Waals surface area (Å²) >= 11 is 1.69. The number of hydrogen-bond donors (Lipinski definition) is 1. The maximum atomic E-state index is 14.0. The molecule has 3 amide bonds. The second kappa shape index (κ2) is 15.5. The van der Waals surface area contributed by atoms with E-state index in [1.165, 1.54) is 4.88 Å². The quantitative estimate of drug-likeness (QED) is 0.233. The number of ether oxygens (including phenoxy) is 3. The summed E-state index contributed by atoms with van der Waals surface area (Å²) in [6.45, 7) is 5.64. The maximum Gasteiger partial charge on any atom is 0.322 e. The molecule has 0 bridgehead atoms. The Labute approximate surface area is 253 Å². The van der Waals surface area contributed by atoms with Crippen molar-refractivity contribution in [2.24, 2.45) is 0 Å². The molecule has 4 rings (SSSR count). The SMILES string of the molecule is CCOc1ccc(NC(=O)N(CC(=O)N(CCc2ccc(OC)c(OC)c2)Cc2ccc(C)s2)C2CCCCC2)cc1. The van der Waals surface area contributed by atoms with Crippen molar-refractivity contribution in [3.8, 4) is 17.2 Å². The average molecular weight is 594 g/mol. The zero-order chi connectivity index (χ0) is 29.9. The van der Waals surface area contributed by atoms with Gasteiger partial charge in [-0.25, -0.2) is 4.79 Å². The second-order valence-electron chi connectivity index (χ2n) is 10.6. The molecule has 1 N–H and O–H groups in total. The first kappa shape index (κ1) is 31.2. The summed E-state index contributed by atoms with van der Waals surface area (Å²) in [5.41, 5.74) is 1.72. The molecule has 3 aromatic rings. The van der Waals surface area contributed by atoms with Crippen LogP contribution in [0.3, 0.4) is 0 Å². The van der Waals surface area contributed by atoms with Crippen molar-refractivity contribution in [3.63, 3.8) is 0 Å². The molecule has 0 aliphatic heterocycles. The van der Waals surface area contributed by atoms with Gasteiger partial charge in [0.1, 0.15) is 12.3 Å². The minimum Gasteiger partial charge on any atom is -0.494 e. The molecular formula is C33H43N3O5S. The van der Waals surface area contributed by atoms with E-state index in [0.29, 0.717) is 43.3 Å². The van der Waals surface area contributed by atoms with Gasteiger partial charge in [0.25, 0.3) is 0 Å². The molecule has 1 fully saturated rings. The maximum absolute atomic E-state index is 14.0. The number of anilines is 1. The average Bonchev–Trinajstić information content (AvgIpc) is 3.43. The Hall–Kier alpha value is -3.72. The molecule has 0 atom stereocenters. The lowest BCUT2D eigenvalue weighted by atomic mass is 9.94. The highest BCUT2D eigenvalue weighted by Gasteiger charge is 2.29. The van der Waals surface area contributed by atoms with Crippen LogP contribution in [0.2, 0.25) is 0 Å². The van der Waals surface area contributed by atoms with Crippen molar-refractivity contribution in [1.82, 2.24) is 9.80 Å². The van der Waals surface area contributed by atoms with Crippen LogP contribution in [0.15, 0.2) is 54.6 Å². The molecule has 1 aromatic heterocycles. The minimum absolute atomic E-state index is 0.0297. The Kier molecular flexibility index (Phi) is 11.5. The highest BCUT2D eigenvalue weighted by atomic mass is 32.1. The molecule has 0 spiro atoms. The predicted molar refractivity (Wildman–Crippen MR) is 168 cm³/mol. The van der Waals surface area contributed by atoms with E-state index in [1.54, 1.807) is 30.5 Å². The molecule has 226 valence electrons. The highest BCUT2D eigenvalue weighted by molar-refractivity contribution is 7.11. The molecule has 8 nitrogen and oxygen atoms in total. The Bertz CT molecular complexity index is 1300. The van der Waals surface area contributed by atoms with Crippen LogP contribution in [0, 0.1) is 6.92 Å². The van der Waals surface area contributed by atoms with Crippen LogP contribution in [0.25, 0.3) is 0 Å². The highest BCUT2D eigenvalue weighted by Crippen LogP contribution is 2.28. The van der Waals surface area contributed by atoms with E-state index in [-0.39, 0.29) is 24.5 Å². The topological polar surface area (TPSA) is 80.3 Å². The lowest BCUT2D eigenvalue weighted by Gasteiger charge is -2.35.